The molecule has 1 amide bonds. The lowest BCUT2D eigenvalue weighted by Gasteiger charge is -2.31. The lowest BCUT2D eigenvalue weighted by atomic mass is 9.90. The second kappa shape index (κ2) is 4.81. The highest BCUT2D eigenvalue weighted by atomic mass is 79.9. The molecule has 94 valence electrons. The van der Waals surface area contributed by atoms with Crippen LogP contribution in [0.1, 0.15) is 38.8 Å². The van der Waals surface area contributed by atoms with Gasteiger partial charge in [-0.2, -0.15) is 0 Å². The molecule has 0 fully saturated rings. The van der Waals surface area contributed by atoms with Crippen molar-refractivity contribution in [3.63, 3.8) is 0 Å². The molecule has 3 heteroatoms. The van der Waals surface area contributed by atoms with E-state index in [1.165, 1.54) is 5.56 Å². The first kappa shape index (κ1) is 14.2. The normalized spacial score (nSPS) is 12.4. The molecule has 0 saturated carbocycles. The Morgan fingerprint density at radius 1 is 1.18 bits per heavy atom. The van der Waals surface area contributed by atoms with Crippen molar-refractivity contribution in [2.75, 3.05) is 0 Å². The molecule has 0 aliphatic rings. The van der Waals surface area contributed by atoms with Crippen LogP contribution in [0.4, 0.5) is 0 Å². The Labute approximate surface area is 112 Å². The molecule has 0 bridgehead atoms. The lowest BCUT2D eigenvalue weighted by molar-refractivity contribution is -0.124. The van der Waals surface area contributed by atoms with E-state index in [1.54, 1.807) is 0 Å². The summed E-state index contributed by atoms with van der Waals surface area (Å²) in [4.78, 5) is 12.0. The summed E-state index contributed by atoms with van der Waals surface area (Å²) in [5.41, 5.74) is 1.96. The average Bonchev–Trinajstić information content (AvgIpc) is 2.15. The second-order valence-corrected chi connectivity index (χ2v) is 7.35. The molecule has 0 atom stereocenters. The lowest BCUT2D eigenvalue weighted by Crippen LogP contribution is -2.48. The molecule has 0 aliphatic carbocycles. The summed E-state index contributed by atoms with van der Waals surface area (Å²) >= 11 is 3.38. The zero-order chi connectivity index (χ0) is 13.3. The minimum absolute atomic E-state index is 0.00856. The predicted octanol–water partition coefficient (Wildman–Crippen LogP) is 3.52. The van der Waals surface area contributed by atoms with E-state index < -0.39 is 4.32 Å². The number of aryl methyl sites for hydroxylation is 1. The van der Waals surface area contributed by atoms with Gasteiger partial charge >= 0.3 is 0 Å². The fourth-order valence-corrected chi connectivity index (χ4v) is 1.87. The minimum Gasteiger partial charge on any atom is -0.346 e. The smallest absolute Gasteiger partial charge is 0.237 e. The summed E-state index contributed by atoms with van der Waals surface area (Å²) in [7, 11) is 0. The van der Waals surface area contributed by atoms with Crippen LogP contribution in [-0.2, 0) is 10.3 Å². The van der Waals surface area contributed by atoms with E-state index in [4.69, 9.17) is 0 Å². The highest BCUT2D eigenvalue weighted by Gasteiger charge is 2.31. The summed E-state index contributed by atoms with van der Waals surface area (Å²) in [6, 6.07) is 8.11. The van der Waals surface area contributed by atoms with Gasteiger partial charge in [0, 0.05) is 0 Å². The van der Waals surface area contributed by atoms with E-state index in [2.05, 4.69) is 40.3 Å². The SMILES string of the molecule is Cc1ccccc1C(C)(C)NC(=O)C(C)(C)Br. The summed E-state index contributed by atoms with van der Waals surface area (Å²) in [5.74, 6) is -0.00856. The Kier molecular flexibility index (Phi) is 4.03. The third kappa shape index (κ3) is 3.56. The molecule has 0 heterocycles. The minimum atomic E-state index is -0.549. The third-order valence-electron chi connectivity index (χ3n) is 2.78. The van der Waals surface area contributed by atoms with Crippen molar-refractivity contribution >= 4 is 21.8 Å². The summed E-state index contributed by atoms with van der Waals surface area (Å²) in [6.45, 7) is 9.78. The molecule has 17 heavy (non-hydrogen) atoms. The van der Waals surface area contributed by atoms with Gasteiger partial charge in [0.2, 0.25) is 5.91 Å². The summed E-state index contributed by atoms with van der Waals surface area (Å²) in [5, 5.41) is 3.07. The van der Waals surface area contributed by atoms with Gasteiger partial charge in [-0.3, -0.25) is 4.79 Å². The number of amides is 1. The monoisotopic (exact) mass is 297 g/mol. The Balaban J connectivity index is 2.97. The molecule has 0 saturated heterocycles. The fraction of sp³-hybridized carbons (Fsp3) is 0.500. The molecular weight excluding hydrogens is 278 g/mol. The first-order valence-corrected chi connectivity index (χ1v) is 6.51. The molecule has 0 radical (unpaired) electrons. The van der Waals surface area contributed by atoms with Gasteiger partial charge in [0.1, 0.15) is 0 Å². The van der Waals surface area contributed by atoms with Gasteiger partial charge in [-0.25, -0.2) is 0 Å². The first-order chi connectivity index (χ1) is 7.64. The topological polar surface area (TPSA) is 29.1 Å². The zero-order valence-corrected chi connectivity index (χ0v) is 12.7. The van der Waals surface area contributed by atoms with Gasteiger partial charge in [-0.1, -0.05) is 40.2 Å². The Hall–Kier alpha value is -0.830. The molecule has 0 aromatic heterocycles. The van der Waals surface area contributed by atoms with Gasteiger partial charge in [0.15, 0.2) is 0 Å². The van der Waals surface area contributed by atoms with Crippen molar-refractivity contribution in [1.82, 2.24) is 5.32 Å². The van der Waals surface area contributed by atoms with Crippen LogP contribution in [0.15, 0.2) is 24.3 Å². The van der Waals surface area contributed by atoms with Crippen LogP contribution in [0.2, 0.25) is 0 Å². The van der Waals surface area contributed by atoms with Crippen LogP contribution < -0.4 is 5.32 Å². The molecular formula is C14H20BrNO. The molecule has 1 aromatic rings. The van der Waals surface area contributed by atoms with Crippen molar-refractivity contribution < 1.29 is 4.79 Å². The van der Waals surface area contributed by atoms with Gasteiger partial charge in [0.25, 0.3) is 0 Å². The fourth-order valence-electron chi connectivity index (χ4n) is 1.77. The van der Waals surface area contributed by atoms with E-state index in [-0.39, 0.29) is 11.4 Å². The average molecular weight is 298 g/mol. The predicted molar refractivity (Wildman–Crippen MR) is 75.4 cm³/mol. The quantitative estimate of drug-likeness (QED) is 0.850. The Bertz CT molecular complexity index is 418. The van der Waals surface area contributed by atoms with Crippen LogP contribution in [0.25, 0.3) is 0 Å². The van der Waals surface area contributed by atoms with Gasteiger partial charge in [-0.05, 0) is 45.7 Å². The van der Waals surface area contributed by atoms with Crippen molar-refractivity contribution in [2.45, 2.75) is 44.5 Å². The third-order valence-corrected chi connectivity index (χ3v) is 3.14. The number of rotatable bonds is 3. The molecule has 1 rings (SSSR count). The number of carbonyl (C=O) groups is 1. The molecule has 1 aromatic carbocycles. The number of hydrogen-bond donors (Lipinski definition) is 1. The first-order valence-electron chi connectivity index (χ1n) is 5.72. The van der Waals surface area contributed by atoms with Crippen molar-refractivity contribution in [3.8, 4) is 0 Å². The van der Waals surface area contributed by atoms with Gasteiger partial charge in [0.05, 0.1) is 9.86 Å². The molecule has 0 aliphatic heterocycles. The van der Waals surface area contributed by atoms with E-state index in [1.807, 2.05) is 39.8 Å². The van der Waals surface area contributed by atoms with Crippen LogP contribution in [0.3, 0.4) is 0 Å². The van der Waals surface area contributed by atoms with Crippen molar-refractivity contribution in [2.24, 2.45) is 0 Å². The number of carbonyl (C=O) groups excluding carboxylic acids is 1. The van der Waals surface area contributed by atoms with Gasteiger partial charge in [-0.15, -0.1) is 0 Å². The molecule has 1 N–H and O–H groups in total. The maximum Gasteiger partial charge on any atom is 0.237 e. The van der Waals surface area contributed by atoms with Crippen LogP contribution in [0.5, 0.6) is 0 Å². The molecule has 0 spiro atoms. The second-order valence-electron chi connectivity index (χ2n) is 5.37. The maximum absolute atomic E-state index is 12.0. The zero-order valence-electron chi connectivity index (χ0n) is 11.1. The van der Waals surface area contributed by atoms with E-state index in [9.17, 15) is 4.79 Å². The largest absolute Gasteiger partial charge is 0.346 e. The van der Waals surface area contributed by atoms with Crippen LogP contribution >= 0.6 is 15.9 Å². The summed E-state index contributed by atoms with van der Waals surface area (Å²) in [6.07, 6.45) is 0. The number of nitrogens with one attached hydrogen (secondary N) is 1. The Morgan fingerprint density at radius 3 is 2.18 bits per heavy atom. The Morgan fingerprint density at radius 2 is 1.71 bits per heavy atom. The number of halogens is 1. The van der Waals surface area contributed by atoms with Gasteiger partial charge < -0.3 is 5.32 Å². The standard InChI is InChI=1S/C14H20BrNO/c1-10-8-6-7-9-11(10)14(4,5)16-12(17)13(2,3)15/h6-9H,1-5H3,(H,16,17). The van der Waals surface area contributed by atoms with Crippen molar-refractivity contribution in [1.29, 1.82) is 0 Å². The van der Waals surface area contributed by atoms with Crippen molar-refractivity contribution in [3.05, 3.63) is 35.4 Å². The van der Waals surface area contributed by atoms with E-state index in [0.717, 1.165) is 5.56 Å². The maximum atomic E-state index is 12.0. The van der Waals surface area contributed by atoms with E-state index in [0.29, 0.717) is 0 Å². The summed E-state index contributed by atoms with van der Waals surface area (Å²) < 4.78 is -0.549. The number of alkyl halides is 1. The van der Waals surface area contributed by atoms with Crippen LogP contribution in [0, 0.1) is 6.92 Å². The van der Waals surface area contributed by atoms with E-state index >= 15 is 0 Å². The number of benzene rings is 1. The number of hydrogen-bond acceptors (Lipinski definition) is 1. The molecule has 0 unspecified atom stereocenters. The molecule has 2 nitrogen and oxygen atoms in total. The highest BCUT2D eigenvalue weighted by molar-refractivity contribution is 9.10. The van der Waals surface area contributed by atoms with Crippen LogP contribution in [-0.4, -0.2) is 10.2 Å². The highest BCUT2D eigenvalue weighted by Crippen LogP contribution is 2.25.